The van der Waals surface area contributed by atoms with Gasteiger partial charge in [0.15, 0.2) is 0 Å². The molecule has 0 aliphatic carbocycles. The van der Waals surface area contributed by atoms with Crippen molar-refractivity contribution in [1.82, 2.24) is 4.90 Å². The smallest absolute Gasteiger partial charge is 0.254 e. The molecule has 1 amide bonds. The lowest BCUT2D eigenvalue weighted by Crippen LogP contribution is -2.48. The Bertz CT molecular complexity index is 517. The van der Waals surface area contributed by atoms with E-state index in [0.717, 1.165) is 37.2 Å². The fraction of sp³-hybridized carbons (Fsp3) is 0.562. The van der Waals surface area contributed by atoms with Crippen molar-refractivity contribution < 1.29 is 4.79 Å². The van der Waals surface area contributed by atoms with Crippen LogP contribution in [0.4, 0.5) is 5.69 Å². The Morgan fingerprint density at radius 1 is 1.40 bits per heavy atom. The van der Waals surface area contributed by atoms with Gasteiger partial charge in [0.25, 0.3) is 5.91 Å². The maximum atomic E-state index is 12.7. The van der Waals surface area contributed by atoms with E-state index in [2.05, 4.69) is 31.3 Å². The average Bonchev–Trinajstić information content (AvgIpc) is 2.49. The van der Waals surface area contributed by atoms with Gasteiger partial charge in [-0.05, 0) is 43.5 Å². The van der Waals surface area contributed by atoms with E-state index in [4.69, 9.17) is 0 Å². The van der Waals surface area contributed by atoms with Crippen LogP contribution in [0.15, 0.2) is 18.2 Å². The lowest BCUT2D eigenvalue weighted by molar-refractivity contribution is 0.0698. The Balaban J connectivity index is 1.83. The number of amides is 1. The molecule has 0 spiro atoms. The van der Waals surface area contributed by atoms with Crippen molar-refractivity contribution in [3.8, 4) is 0 Å². The van der Waals surface area contributed by atoms with Crippen LogP contribution in [0.3, 0.4) is 0 Å². The van der Waals surface area contributed by atoms with E-state index in [1.807, 2.05) is 22.7 Å². The van der Waals surface area contributed by atoms with Crippen molar-refractivity contribution in [2.24, 2.45) is 0 Å². The normalized spacial score (nSPS) is 25.8. The van der Waals surface area contributed by atoms with Gasteiger partial charge in [0.2, 0.25) is 0 Å². The third-order valence-electron chi connectivity index (χ3n) is 4.44. The highest BCUT2D eigenvalue weighted by atomic mass is 32.2. The van der Waals surface area contributed by atoms with Crippen molar-refractivity contribution >= 4 is 23.4 Å². The van der Waals surface area contributed by atoms with Crippen LogP contribution in [0.25, 0.3) is 0 Å². The third-order valence-corrected chi connectivity index (χ3v) is 5.77. The summed E-state index contributed by atoms with van der Waals surface area (Å²) < 4.78 is 0. The summed E-state index contributed by atoms with van der Waals surface area (Å²) in [7, 11) is 0. The molecule has 2 aliphatic rings. The molecular formula is C16H22N2OS. The molecule has 3 rings (SSSR count). The monoisotopic (exact) mass is 290 g/mol. The minimum atomic E-state index is 0.193. The zero-order valence-corrected chi connectivity index (χ0v) is 13.0. The second kappa shape index (κ2) is 5.68. The van der Waals surface area contributed by atoms with Crippen molar-refractivity contribution in [2.75, 3.05) is 24.2 Å². The van der Waals surface area contributed by atoms with Gasteiger partial charge in [-0.1, -0.05) is 6.92 Å². The van der Waals surface area contributed by atoms with Crippen LogP contribution >= 0.6 is 11.8 Å². The molecule has 108 valence electrons. The van der Waals surface area contributed by atoms with Crippen molar-refractivity contribution in [3.63, 3.8) is 0 Å². The molecule has 2 aliphatic heterocycles. The summed E-state index contributed by atoms with van der Waals surface area (Å²) in [5, 5.41) is 3.92. The van der Waals surface area contributed by atoms with Gasteiger partial charge in [-0.3, -0.25) is 4.79 Å². The van der Waals surface area contributed by atoms with Crippen LogP contribution < -0.4 is 5.32 Å². The molecule has 2 atom stereocenters. The first kappa shape index (κ1) is 13.8. The van der Waals surface area contributed by atoms with E-state index in [1.165, 1.54) is 11.3 Å². The van der Waals surface area contributed by atoms with Crippen LogP contribution in [-0.2, 0) is 6.42 Å². The number of nitrogens with zero attached hydrogens (tertiary/aromatic N) is 1. The van der Waals surface area contributed by atoms with Gasteiger partial charge in [0, 0.05) is 41.4 Å². The highest BCUT2D eigenvalue weighted by molar-refractivity contribution is 8.00. The van der Waals surface area contributed by atoms with E-state index in [9.17, 15) is 4.79 Å². The predicted octanol–water partition coefficient (Wildman–Crippen LogP) is 3.01. The van der Waals surface area contributed by atoms with Gasteiger partial charge < -0.3 is 10.2 Å². The summed E-state index contributed by atoms with van der Waals surface area (Å²) in [5.41, 5.74) is 3.33. The van der Waals surface area contributed by atoms with Gasteiger partial charge in [0.05, 0.1) is 0 Å². The Kier molecular flexibility index (Phi) is 3.92. The number of carbonyl (C=O) groups is 1. The molecule has 0 saturated carbocycles. The van der Waals surface area contributed by atoms with Crippen molar-refractivity contribution in [3.05, 3.63) is 29.3 Å². The summed E-state index contributed by atoms with van der Waals surface area (Å²) in [6.07, 6.45) is 2.23. The van der Waals surface area contributed by atoms with Gasteiger partial charge >= 0.3 is 0 Å². The van der Waals surface area contributed by atoms with Gasteiger partial charge in [-0.2, -0.15) is 11.8 Å². The SMILES string of the molecule is CC1SCCN(C(=O)c2ccc3c(c2)CCCN3)C1C. The van der Waals surface area contributed by atoms with E-state index in [0.29, 0.717) is 11.3 Å². The number of hydrogen-bond acceptors (Lipinski definition) is 3. The Labute approximate surface area is 125 Å². The average molecular weight is 290 g/mol. The number of rotatable bonds is 1. The van der Waals surface area contributed by atoms with Crippen LogP contribution in [-0.4, -0.2) is 40.9 Å². The summed E-state index contributed by atoms with van der Waals surface area (Å²) in [6, 6.07) is 6.44. The van der Waals surface area contributed by atoms with E-state index < -0.39 is 0 Å². The highest BCUT2D eigenvalue weighted by Gasteiger charge is 2.29. The molecule has 1 fully saturated rings. The minimum absolute atomic E-state index is 0.193. The lowest BCUT2D eigenvalue weighted by atomic mass is 10.00. The number of thioether (sulfide) groups is 1. The third kappa shape index (κ3) is 2.53. The van der Waals surface area contributed by atoms with Crippen LogP contribution in [0, 0.1) is 0 Å². The van der Waals surface area contributed by atoms with Crippen LogP contribution in [0.5, 0.6) is 0 Å². The summed E-state index contributed by atoms with van der Waals surface area (Å²) in [6.45, 7) is 6.28. The first-order valence-electron chi connectivity index (χ1n) is 7.46. The second-order valence-corrected chi connectivity index (χ2v) is 7.20. The van der Waals surface area contributed by atoms with E-state index >= 15 is 0 Å². The van der Waals surface area contributed by atoms with Crippen molar-refractivity contribution in [2.45, 2.75) is 38.0 Å². The zero-order valence-electron chi connectivity index (χ0n) is 12.2. The summed E-state index contributed by atoms with van der Waals surface area (Å²) in [4.78, 5) is 14.8. The fourth-order valence-electron chi connectivity index (χ4n) is 2.99. The molecule has 1 aromatic carbocycles. The fourth-order valence-corrected chi connectivity index (χ4v) is 4.09. The molecule has 0 radical (unpaired) electrons. The number of nitrogens with one attached hydrogen (secondary N) is 1. The molecular weight excluding hydrogens is 268 g/mol. The Hall–Kier alpha value is -1.16. The number of carbonyl (C=O) groups excluding carboxylic acids is 1. The molecule has 2 unspecified atom stereocenters. The predicted molar refractivity (Wildman–Crippen MR) is 85.7 cm³/mol. The molecule has 1 aromatic rings. The minimum Gasteiger partial charge on any atom is -0.385 e. The van der Waals surface area contributed by atoms with Crippen molar-refractivity contribution in [1.29, 1.82) is 0 Å². The van der Waals surface area contributed by atoms with E-state index in [-0.39, 0.29) is 5.91 Å². The Morgan fingerprint density at radius 3 is 3.10 bits per heavy atom. The quantitative estimate of drug-likeness (QED) is 0.863. The number of aryl methyl sites for hydroxylation is 1. The Morgan fingerprint density at radius 2 is 2.25 bits per heavy atom. The molecule has 1 saturated heterocycles. The second-order valence-electron chi connectivity index (χ2n) is 5.72. The molecule has 20 heavy (non-hydrogen) atoms. The molecule has 3 nitrogen and oxygen atoms in total. The first-order valence-corrected chi connectivity index (χ1v) is 8.51. The first-order chi connectivity index (χ1) is 9.66. The zero-order chi connectivity index (χ0) is 14.1. The van der Waals surface area contributed by atoms with Crippen LogP contribution in [0.1, 0.15) is 36.2 Å². The highest BCUT2D eigenvalue weighted by Crippen LogP contribution is 2.27. The molecule has 0 aromatic heterocycles. The molecule has 0 bridgehead atoms. The lowest BCUT2D eigenvalue weighted by Gasteiger charge is -2.37. The maximum absolute atomic E-state index is 12.7. The number of hydrogen-bond donors (Lipinski definition) is 1. The molecule has 2 heterocycles. The number of anilines is 1. The number of fused-ring (bicyclic) bond motifs is 1. The van der Waals surface area contributed by atoms with Gasteiger partial charge in [-0.15, -0.1) is 0 Å². The maximum Gasteiger partial charge on any atom is 0.254 e. The van der Waals surface area contributed by atoms with Crippen LogP contribution in [0.2, 0.25) is 0 Å². The topological polar surface area (TPSA) is 32.3 Å². The standard InChI is InChI=1S/C16H22N2OS/c1-11-12(2)20-9-8-18(11)16(19)14-5-6-15-13(10-14)4-3-7-17-15/h5-6,10-12,17H,3-4,7-9H2,1-2H3. The molecule has 4 heteroatoms. The number of benzene rings is 1. The summed E-state index contributed by atoms with van der Waals surface area (Å²) >= 11 is 1.96. The van der Waals surface area contributed by atoms with Gasteiger partial charge in [0.1, 0.15) is 0 Å². The van der Waals surface area contributed by atoms with E-state index in [1.54, 1.807) is 0 Å². The van der Waals surface area contributed by atoms with Gasteiger partial charge in [-0.25, -0.2) is 0 Å². The largest absolute Gasteiger partial charge is 0.385 e. The summed E-state index contributed by atoms with van der Waals surface area (Å²) in [5.74, 6) is 1.24. The molecule has 1 N–H and O–H groups in total.